The van der Waals surface area contributed by atoms with Crippen molar-refractivity contribution in [3.8, 4) is 5.88 Å². The Hall–Kier alpha value is -1.82. The highest BCUT2D eigenvalue weighted by molar-refractivity contribution is 5.79. The van der Waals surface area contributed by atoms with Crippen LogP contribution in [0.3, 0.4) is 0 Å². The number of hydrogen-bond acceptors (Lipinski definition) is 4. The molecule has 1 aromatic rings. The average Bonchev–Trinajstić information content (AvgIpc) is 2.53. The van der Waals surface area contributed by atoms with E-state index in [1.165, 1.54) is 0 Å². The van der Waals surface area contributed by atoms with Crippen molar-refractivity contribution in [1.82, 2.24) is 15.6 Å². The van der Waals surface area contributed by atoms with Gasteiger partial charge in [-0.25, -0.2) is 9.98 Å². The van der Waals surface area contributed by atoms with Crippen molar-refractivity contribution >= 4 is 5.96 Å². The third-order valence-corrected chi connectivity index (χ3v) is 2.82. The monoisotopic (exact) mass is 308 g/mol. The SMILES string of the molecule is CCNC(=NCc1ccnc(OCC)c1)NCCCOCC. The molecule has 0 radical (unpaired) electrons. The Bertz CT molecular complexity index is 438. The maximum absolute atomic E-state index is 5.40. The largest absolute Gasteiger partial charge is 0.478 e. The Morgan fingerprint density at radius 3 is 2.82 bits per heavy atom. The molecule has 0 aliphatic rings. The summed E-state index contributed by atoms with van der Waals surface area (Å²) < 4.78 is 10.7. The molecule has 6 heteroatoms. The van der Waals surface area contributed by atoms with E-state index in [0.717, 1.165) is 44.2 Å². The lowest BCUT2D eigenvalue weighted by molar-refractivity contribution is 0.145. The lowest BCUT2D eigenvalue weighted by Crippen LogP contribution is -2.38. The second-order valence-corrected chi connectivity index (χ2v) is 4.61. The molecular formula is C16H28N4O2. The first-order valence-electron chi connectivity index (χ1n) is 7.97. The van der Waals surface area contributed by atoms with Gasteiger partial charge in [-0.15, -0.1) is 0 Å². The first-order valence-corrected chi connectivity index (χ1v) is 7.97. The van der Waals surface area contributed by atoms with E-state index in [4.69, 9.17) is 9.47 Å². The van der Waals surface area contributed by atoms with Crippen molar-refractivity contribution in [2.45, 2.75) is 33.7 Å². The number of pyridine rings is 1. The standard InChI is InChI=1S/C16H28N4O2/c1-4-17-16(19-9-7-11-21-5-2)20-13-14-8-10-18-15(12-14)22-6-3/h8,10,12H,4-7,9,11,13H2,1-3H3,(H2,17,19,20). The van der Waals surface area contributed by atoms with Crippen LogP contribution in [-0.4, -0.2) is 43.9 Å². The second-order valence-electron chi connectivity index (χ2n) is 4.61. The number of aliphatic imine (C=N–C) groups is 1. The number of rotatable bonds is 10. The Kier molecular flexibility index (Phi) is 9.78. The molecule has 1 rings (SSSR count). The van der Waals surface area contributed by atoms with Gasteiger partial charge in [0.15, 0.2) is 5.96 Å². The van der Waals surface area contributed by atoms with Gasteiger partial charge in [0, 0.05) is 38.6 Å². The minimum atomic E-state index is 0.587. The Morgan fingerprint density at radius 1 is 1.23 bits per heavy atom. The van der Waals surface area contributed by atoms with Gasteiger partial charge in [-0.3, -0.25) is 0 Å². The second kappa shape index (κ2) is 11.8. The molecule has 0 unspecified atom stereocenters. The highest BCUT2D eigenvalue weighted by atomic mass is 16.5. The average molecular weight is 308 g/mol. The molecule has 22 heavy (non-hydrogen) atoms. The third kappa shape index (κ3) is 7.83. The number of guanidine groups is 1. The molecule has 0 saturated carbocycles. The minimum absolute atomic E-state index is 0.587. The topological polar surface area (TPSA) is 67.8 Å². The molecule has 0 atom stereocenters. The quantitative estimate of drug-likeness (QED) is 0.393. The summed E-state index contributed by atoms with van der Waals surface area (Å²) in [5.74, 6) is 1.46. The van der Waals surface area contributed by atoms with Crippen LogP contribution < -0.4 is 15.4 Å². The van der Waals surface area contributed by atoms with Crippen LogP contribution in [0.4, 0.5) is 0 Å². The van der Waals surface area contributed by atoms with Gasteiger partial charge in [0.1, 0.15) is 0 Å². The molecule has 0 fully saturated rings. The van der Waals surface area contributed by atoms with Crippen LogP contribution >= 0.6 is 0 Å². The van der Waals surface area contributed by atoms with Crippen molar-refractivity contribution in [2.24, 2.45) is 4.99 Å². The normalized spacial score (nSPS) is 11.3. The zero-order valence-corrected chi connectivity index (χ0v) is 13.9. The number of nitrogens with zero attached hydrogens (tertiary/aromatic N) is 2. The zero-order chi connectivity index (χ0) is 16.0. The van der Waals surface area contributed by atoms with Crippen molar-refractivity contribution in [2.75, 3.05) is 32.9 Å². The lowest BCUT2D eigenvalue weighted by Gasteiger charge is -2.11. The van der Waals surface area contributed by atoms with Crippen LogP contribution in [0, 0.1) is 0 Å². The molecule has 0 saturated heterocycles. The Morgan fingerprint density at radius 2 is 2.09 bits per heavy atom. The fraction of sp³-hybridized carbons (Fsp3) is 0.625. The van der Waals surface area contributed by atoms with Gasteiger partial charge in [0.2, 0.25) is 5.88 Å². The summed E-state index contributed by atoms with van der Waals surface area (Å²) >= 11 is 0. The van der Waals surface area contributed by atoms with Crippen molar-refractivity contribution in [1.29, 1.82) is 0 Å². The maximum Gasteiger partial charge on any atom is 0.213 e. The summed E-state index contributed by atoms with van der Waals surface area (Å²) in [6.07, 6.45) is 2.71. The van der Waals surface area contributed by atoms with Crippen LogP contribution in [0.1, 0.15) is 32.8 Å². The molecule has 6 nitrogen and oxygen atoms in total. The number of aromatic nitrogens is 1. The van der Waals surface area contributed by atoms with E-state index >= 15 is 0 Å². The highest BCUT2D eigenvalue weighted by Crippen LogP contribution is 2.10. The summed E-state index contributed by atoms with van der Waals surface area (Å²) in [6.45, 7) is 10.4. The smallest absolute Gasteiger partial charge is 0.213 e. The fourth-order valence-corrected chi connectivity index (χ4v) is 1.81. The first-order chi connectivity index (χ1) is 10.8. The summed E-state index contributed by atoms with van der Waals surface area (Å²) in [7, 11) is 0. The van der Waals surface area contributed by atoms with Crippen LogP contribution in [0.2, 0.25) is 0 Å². The summed E-state index contributed by atoms with van der Waals surface area (Å²) in [5, 5.41) is 6.54. The fourth-order valence-electron chi connectivity index (χ4n) is 1.81. The van der Waals surface area contributed by atoms with Gasteiger partial charge in [-0.1, -0.05) is 0 Å². The Balaban J connectivity index is 2.48. The van der Waals surface area contributed by atoms with Crippen LogP contribution in [0.15, 0.2) is 23.3 Å². The maximum atomic E-state index is 5.40. The van der Waals surface area contributed by atoms with Crippen molar-refractivity contribution in [3.63, 3.8) is 0 Å². The minimum Gasteiger partial charge on any atom is -0.478 e. The molecule has 2 N–H and O–H groups in total. The van der Waals surface area contributed by atoms with Gasteiger partial charge >= 0.3 is 0 Å². The molecule has 1 heterocycles. The van der Waals surface area contributed by atoms with E-state index in [0.29, 0.717) is 19.0 Å². The van der Waals surface area contributed by atoms with Crippen LogP contribution in [-0.2, 0) is 11.3 Å². The Labute approximate surface area is 133 Å². The molecule has 0 aromatic carbocycles. The van der Waals surface area contributed by atoms with Crippen LogP contribution in [0.5, 0.6) is 5.88 Å². The molecule has 124 valence electrons. The predicted molar refractivity (Wildman–Crippen MR) is 89.3 cm³/mol. The summed E-state index contributed by atoms with van der Waals surface area (Å²) in [6, 6.07) is 3.87. The summed E-state index contributed by atoms with van der Waals surface area (Å²) in [4.78, 5) is 8.73. The zero-order valence-electron chi connectivity index (χ0n) is 13.9. The van der Waals surface area contributed by atoms with E-state index in [1.807, 2.05) is 26.0 Å². The highest BCUT2D eigenvalue weighted by Gasteiger charge is 2.00. The van der Waals surface area contributed by atoms with Gasteiger partial charge < -0.3 is 20.1 Å². The number of hydrogen-bond donors (Lipinski definition) is 2. The van der Waals surface area contributed by atoms with E-state index < -0.39 is 0 Å². The van der Waals surface area contributed by atoms with Crippen LogP contribution in [0.25, 0.3) is 0 Å². The first kappa shape index (κ1) is 18.2. The van der Waals surface area contributed by atoms with E-state index in [2.05, 4.69) is 27.5 Å². The van der Waals surface area contributed by atoms with E-state index in [-0.39, 0.29) is 0 Å². The molecule has 0 amide bonds. The molecule has 1 aromatic heterocycles. The van der Waals surface area contributed by atoms with E-state index in [9.17, 15) is 0 Å². The molecule has 0 aliphatic heterocycles. The summed E-state index contributed by atoms with van der Waals surface area (Å²) in [5.41, 5.74) is 1.07. The molecule has 0 spiro atoms. The van der Waals surface area contributed by atoms with Gasteiger partial charge in [0.05, 0.1) is 13.2 Å². The van der Waals surface area contributed by atoms with Gasteiger partial charge in [-0.2, -0.15) is 0 Å². The van der Waals surface area contributed by atoms with Crippen molar-refractivity contribution in [3.05, 3.63) is 23.9 Å². The van der Waals surface area contributed by atoms with E-state index in [1.54, 1.807) is 6.20 Å². The van der Waals surface area contributed by atoms with Crippen molar-refractivity contribution < 1.29 is 9.47 Å². The number of ether oxygens (including phenoxy) is 2. The van der Waals surface area contributed by atoms with Gasteiger partial charge in [-0.05, 0) is 38.8 Å². The predicted octanol–water partition coefficient (Wildman–Crippen LogP) is 1.96. The lowest BCUT2D eigenvalue weighted by atomic mass is 10.3. The molecule has 0 bridgehead atoms. The number of nitrogens with one attached hydrogen (secondary N) is 2. The molecular weight excluding hydrogens is 280 g/mol. The molecule has 0 aliphatic carbocycles. The third-order valence-electron chi connectivity index (χ3n) is 2.82. The van der Waals surface area contributed by atoms with Gasteiger partial charge in [0.25, 0.3) is 0 Å².